The fourth-order valence-corrected chi connectivity index (χ4v) is 2.40. The fourth-order valence-electron chi connectivity index (χ4n) is 1.62. The first-order valence-corrected chi connectivity index (χ1v) is 5.88. The molecule has 0 unspecified atom stereocenters. The molecule has 1 nitrogen and oxygen atoms in total. The Balaban J connectivity index is 2.97. The summed E-state index contributed by atoms with van der Waals surface area (Å²) in [5.74, 6) is 0. The van der Waals surface area contributed by atoms with Crippen LogP contribution in [0.4, 0.5) is 13.2 Å². The van der Waals surface area contributed by atoms with E-state index in [0.717, 1.165) is 0 Å². The Labute approximate surface area is 115 Å². The van der Waals surface area contributed by atoms with Gasteiger partial charge in [-0.25, -0.2) is 4.98 Å². The number of pyridine rings is 1. The average Bonchev–Trinajstić information content (AvgIpc) is 2.26. The Hall–Kier alpha value is -0.710. The monoisotopic (exact) mass is 313 g/mol. The van der Waals surface area contributed by atoms with Crippen LogP contribution in [0.1, 0.15) is 11.3 Å². The SMILES string of the molecule is Cc1c(C(F)(F)F)nc2c(Cl)ccc(Cl)c2c1Cl. The second-order valence-corrected chi connectivity index (χ2v) is 4.84. The number of halogens is 6. The standard InChI is InChI=1S/C11H5Cl3F3N/c1-4-8(14)7-5(12)2-3-6(13)9(7)18-10(4)11(15,16)17/h2-3H,1H3. The minimum absolute atomic E-state index is 0.0490. The minimum atomic E-state index is -4.59. The van der Waals surface area contributed by atoms with Crippen LogP contribution in [-0.4, -0.2) is 4.98 Å². The summed E-state index contributed by atoms with van der Waals surface area (Å²) >= 11 is 17.7. The molecular formula is C11H5Cl3F3N. The highest BCUT2D eigenvalue weighted by molar-refractivity contribution is 6.45. The molecule has 96 valence electrons. The molecule has 0 saturated heterocycles. The maximum absolute atomic E-state index is 12.8. The van der Waals surface area contributed by atoms with Gasteiger partial charge in [-0.1, -0.05) is 34.8 Å². The lowest BCUT2D eigenvalue weighted by atomic mass is 10.1. The largest absolute Gasteiger partial charge is 0.433 e. The van der Waals surface area contributed by atoms with E-state index in [1.54, 1.807) is 0 Å². The van der Waals surface area contributed by atoms with Gasteiger partial charge in [0.15, 0.2) is 0 Å². The highest BCUT2D eigenvalue weighted by Crippen LogP contribution is 2.40. The zero-order valence-electron chi connectivity index (χ0n) is 8.87. The van der Waals surface area contributed by atoms with E-state index in [9.17, 15) is 13.2 Å². The van der Waals surface area contributed by atoms with E-state index in [4.69, 9.17) is 34.8 Å². The van der Waals surface area contributed by atoms with E-state index in [1.165, 1.54) is 19.1 Å². The van der Waals surface area contributed by atoms with E-state index in [0.29, 0.717) is 0 Å². The molecule has 0 aliphatic carbocycles. The van der Waals surface area contributed by atoms with Crippen molar-refractivity contribution in [2.24, 2.45) is 0 Å². The molecule has 0 bridgehead atoms. The van der Waals surface area contributed by atoms with Crippen LogP contribution in [0.15, 0.2) is 12.1 Å². The summed E-state index contributed by atoms with van der Waals surface area (Å²) in [5.41, 5.74) is -1.27. The molecule has 0 radical (unpaired) electrons. The third-order valence-electron chi connectivity index (χ3n) is 2.47. The summed E-state index contributed by atoms with van der Waals surface area (Å²) in [7, 11) is 0. The second kappa shape index (κ2) is 4.44. The summed E-state index contributed by atoms with van der Waals surface area (Å²) in [6.45, 7) is 1.24. The average molecular weight is 315 g/mol. The smallest absolute Gasteiger partial charge is 0.241 e. The lowest BCUT2D eigenvalue weighted by Gasteiger charge is -2.14. The molecule has 7 heteroatoms. The molecule has 0 saturated carbocycles. The van der Waals surface area contributed by atoms with Gasteiger partial charge in [0.1, 0.15) is 5.69 Å². The van der Waals surface area contributed by atoms with Gasteiger partial charge < -0.3 is 0 Å². The molecule has 18 heavy (non-hydrogen) atoms. The van der Waals surface area contributed by atoms with Crippen molar-refractivity contribution in [2.75, 3.05) is 0 Å². The summed E-state index contributed by atoms with van der Waals surface area (Å²) < 4.78 is 38.4. The quantitative estimate of drug-likeness (QED) is 0.623. The first kappa shape index (κ1) is 13.7. The van der Waals surface area contributed by atoms with Crippen molar-refractivity contribution in [1.29, 1.82) is 0 Å². The molecule has 0 aliphatic heterocycles. The van der Waals surface area contributed by atoms with Crippen molar-refractivity contribution in [3.05, 3.63) is 38.5 Å². The number of benzene rings is 1. The van der Waals surface area contributed by atoms with Gasteiger partial charge in [-0.3, -0.25) is 0 Å². The number of hydrogen-bond donors (Lipinski definition) is 0. The van der Waals surface area contributed by atoms with E-state index >= 15 is 0 Å². The number of aromatic nitrogens is 1. The first-order valence-electron chi connectivity index (χ1n) is 4.74. The highest BCUT2D eigenvalue weighted by atomic mass is 35.5. The molecule has 2 rings (SSSR count). The fraction of sp³-hybridized carbons (Fsp3) is 0.182. The van der Waals surface area contributed by atoms with Crippen molar-refractivity contribution in [1.82, 2.24) is 4.98 Å². The maximum Gasteiger partial charge on any atom is 0.433 e. The van der Waals surface area contributed by atoms with Gasteiger partial charge in [0.05, 0.1) is 20.6 Å². The molecule has 1 aromatic heterocycles. The Kier molecular flexibility index (Phi) is 3.38. The molecule has 2 aromatic rings. The van der Waals surface area contributed by atoms with Gasteiger partial charge in [0.2, 0.25) is 0 Å². The topological polar surface area (TPSA) is 12.9 Å². The molecule has 0 aliphatic rings. The zero-order valence-corrected chi connectivity index (χ0v) is 11.1. The van der Waals surface area contributed by atoms with Crippen LogP contribution in [0.5, 0.6) is 0 Å². The van der Waals surface area contributed by atoms with Crippen LogP contribution in [0.3, 0.4) is 0 Å². The molecular weight excluding hydrogens is 309 g/mol. The van der Waals surface area contributed by atoms with Crippen molar-refractivity contribution in [3.63, 3.8) is 0 Å². The van der Waals surface area contributed by atoms with Crippen LogP contribution in [0.25, 0.3) is 10.9 Å². The molecule has 0 amide bonds. The van der Waals surface area contributed by atoms with Crippen LogP contribution < -0.4 is 0 Å². The maximum atomic E-state index is 12.8. The highest BCUT2D eigenvalue weighted by Gasteiger charge is 2.36. The van der Waals surface area contributed by atoms with Crippen LogP contribution in [0.2, 0.25) is 15.1 Å². The summed E-state index contributed by atoms with van der Waals surface area (Å²) in [5, 5.41) is 0.432. The molecule has 0 N–H and O–H groups in total. The third kappa shape index (κ3) is 2.13. The van der Waals surface area contributed by atoms with E-state index in [2.05, 4.69) is 4.98 Å². The first-order chi connectivity index (χ1) is 8.23. The predicted molar refractivity (Wildman–Crippen MR) is 66.5 cm³/mol. The predicted octanol–water partition coefficient (Wildman–Crippen LogP) is 5.52. The van der Waals surface area contributed by atoms with Crippen molar-refractivity contribution < 1.29 is 13.2 Å². The normalized spacial score (nSPS) is 12.2. The van der Waals surface area contributed by atoms with Crippen molar-refractivity contribution in [2.45, 2.75) is 13.1 Å². The van der Waals surface area contributed by atoms with E-state index in [1.807, 2.05) is 0 Å². The Morgan fingerprint density at radius 3 is 2.17 bits per heavy atom. The minimum Gasteiger partial charge on any atom is -0.241 e. The Morgan fingerprint density at radius 1 is 1.06 bits per heavy atom. The lowest BCUT2D eigenvalue weighted by Crippen LogP contribution is -2.11. The molecule has 1 aromatic carbocycles. The number of hydrogen-bond acceptors (Lipinski definition) is 1. The molecule has 0 spiro atoms. The van der Waals surface area contributed by atoms with Gasteiger partial charge in [0, 0.05) is 5.39 Å². The van der Waals surface area contributed by atoms with Gasteiger partial charge >= 0.3 is 6.18 Å². The Bertz CT molecular complexity index is 638. The molecule has 1 heterocycles. The zero-order chi connectivity index (χ0) is 13.7. The van der Waals surface area contributed by atoms with Crippen LogP contribution >= 0.6 is 34.8 Å². The third-order valence-corrected chi connectivity index (χ3v) is 3.57. The van der Waals surface area contributed by atoms with Crippen molar-refractivity contribution in [3.8, 4) is 0 Å². The summed E-state index contributed by atoms with van der Waals surface area (Å²) in [4.78, 5) is 3.54. The summed E-state index contributed by atoms with van der Waals surface area (Å²) in [6, 6.07) is 2.84. The number of alkyl halides is 3. The Morgan fingerprint density at radius 2 is 1.61 bits per heavy atom. The van der Waals surface area contributed by atoms with Gasteiger partial charge in [-0.15, -0.1) is 0 Å². The number of rotatable bonds is 0. The van der Waals surface area contributed by atoms with Crippen LogP contribution in [0, 0.1) is 6.92 Å². The molecule has 0 fully saturated rings. The van der Waals surface area contributed by atoms with Gasteiger partial charge in [-0.2, -0.15) is 13.2 Å². The summed E-state index contributed by atoms with van der Waals surface area (Å²) in [6.07, 6.45) is -4.59. The van der Waals surface area contributed by atoms with Gasteiger partial charge in [0.25, 0.3) is 0 Å². The molecule has 0 atom stereocenters. The number of nitrogens with zero attached hydrogens (tertiary/aromatic N) is 1. The van der Waals surface area contributed by atoms with Crippen molar-refractivity contribution >= 4 is 45.7 Å². The lowest BCUT2D eigenvalue weighted by molar-refractivity contribution is -0.141. The van der Waals surface area contributed by atoms with Gasteiger partial charge in [-0.05, 0) is 24.6 Å². The van der Waals surface area contributed by atoms with Crippen LogP contribution in [-0.2, 0) is 6.18 Å². The van der Waals surface area contributed by atoms with E-state index < -0.39 is 11.9 Å². The van der Waals surface area contributed by atoms with E-state index in [-0.39, 0.29) is 31.5 Å². The second-order valence-electron chi connectivity index (χ2n) is 3.65. The number of fused-ring (bicyclic) bond motifs is 1.